The molecular formula is C15H13Cl2N5. The molecule has 1 aromatic heterocycles. The van der Waals surface area contributed by atoms with E-state index in [4.69, 9.17) is 23.2 Å². The molecule has 112 valence electrons. The van der Waals surface area contributed by atoms with Crippen molar-refractivity contribution in [2.45, 2.75) is 13.5 Å². The Morgan fingerprint density at radius 3 is 2.64 bits per heavy atom. The van der Waals surface area contributed by atoms with Gasteiger partial charge in [0.2, 0.25) is 5.95 Å². The second kappa shape index (κ2) is 6.34. The standard InChI is InChI=1S/C15H13Cl2N5/c1-10-5-2-3-6-11(10)9-22(15-18-20-21-19-15)13-8-4-7-12(16)14(13)17/h2-8H,9H2,1H3,(H,18,19,20,21). The summed E-state index contributed by atoms with van der Waals surface area (Å²) in [5, 5.41) is 15.0. The molecule has 0 fully saturated rings. The molecule has 0 amide bonds. The minimum atomic E-state index is 0.467. The first-order valence-corrected chi connectivity index (χ1v) is 7.42. The molecule has 0 bridgehead atoms. The zero-order chi connectivity index (χ0) is 15.5. The third kappa shape index (κ3) is 2.91. The molecule has 1 N–H and O–H groups in total. The van der Waals surface area contributed by atoms with Crippen molar-refractivity contribution in [3.05, 3.63) is 63.6 Å². The number of H-pyrrole nitrogens is 1. The average molecular weight is 334 g/mol. The van der Waals surface area contributed by atoms with Crippen LogP contribution >= 0.6 is 23.2 Å². The molecule has 0 aliphatic rings. The molecule has 5 nitrogen and oxygen atoms in total. The molecule has 2 aromatic carbocycles. The van der Waals surface area contributed by atoms with Crippen LogP contribution in [0, 0.1) is 6.92 Å². The molecule has 0 unspecified atom stereocenters. The van der Waals surface area contributed by atoms with Gasteiger partial charge in [-0.2, -0.15) is 0 Å². The smallest absolute Gasteiger partial charge is 0.247 e. The summed E-state index contributed by atoms with van der Waals surface area (Å²) in [5.74, 6) is 0.507. The first kappa shape index (κ1) is 14.8. The number of rotatable bonds is 4. The number of benzene rings is 2. The van der Waals surface area contributed by atoms with Crippen LogP contribution in [0.1, 0.15) is 11.1 Å². The van der Waals surface area contributed by atoms with Crippen LogP contribution in [0.3, 0.4) is 0 Å². The van der Waals surface area contributed by atoms with E-state index >= 15 is 0 Å². The molecule has 0 saturated heterocycles. The fourth-order valence-electron chi connectivity index (χ4n) is 2.20. The van der Waals surface area contributed by atoms with Crippen molar-refractivity contribution >= 4 is 34.8 Å². The van der Waals surface area contributed by atoms with E-state index in [1.54, 1.807) is 6.07 Å². The van der Waals surface area contributed by atoms with E-state index in [2.05, 4.69) is 39.7 Å². The molecule has 3 aromatic rings. The summed E-state index contributed by atoms with van der Waals surface area (Å²) >= 11 is 12.5. The molecule has 0 aliphatic heterocycles. The zero-order valence-electron chi connectivity index (χ0n) is 11.8. The SMILES string of the molecule is Cc1ccccc1CN(c1nnn[nH]1)c1cccc(Cl)c1Cl. The molecule has 0 saturated carbocycles. The van der Waals surface area contributed by atoms with Crippen LogP contribution in [0.15, 0.2) is 42.5 Å². The van der Waals surface area contributed by atoms with Gasteiger partial charge < -0.3 is 4.90 Å². The van der Waals surface area contributed by atoms with Gasteiger partial charge in [0, 0.05) is 0 Å². The number of aromatic amines is 1. The Hall–Kier alpha value is -2.11. The van der Waals surface area contributed by atoms with E-state index in [1.165, 1.54) is 5.56 Å². The summed E-state index contributed by atoms with van der Waals surface area (Å²) in [6.45, 7) is 2.63. The van der Waals surface area contributed by atoms with Crippen LogP contribution < -0.4 is 4.90 Å². The Morgan fingerprint density at radius 1 is 1.09 bits per heavy atom. The fourth-order valence-corrected chi connectivity index (χ4v) is 2.60. The van der Waals surface area contributed by atoms with Crippen LogP contribution in [0.5, 0.6) is 0 Å². The minimum Gasteiger partial charge on any atom is -0.304 e. The second-order valence-electron chi connectivity index (χ2n) is 4.81. The molecular weight excluding hydrogens is 321 g/mol. The number of aryl methyl sites for hydroxylation is 1. The maximum Gasteiger partial charge on any atom is 0.247 e. The maximum absolute atomic E-state index is 6.35. The van der Waals surface area contributed by atoms with Crippen LogP contribution in [0.25, 0.3) is 0 Å². The van der Waals surface area contributed by atoms with Crippen LogP contribution in [-0.4, -0.2) is 20.6 Å². The zero-order valence-corrected chi connectivity index (χ0v) is 13.3. The molecule has 0 atom stereocenters. The van der Waals surface area contributed by atoms with Crippen molar-refractivity contribution in [1.82, 2.24) is 20.6 Å². The van der Waals surface area contributed by atoms with E-state index in [1.807, 2.05) is 29.2 Å². The number of halogens is 2. The highest BCUT2D eigenvalue weighted by Crippen LogP contribution is 2.36. The Morgan fingerprint density at radius 2 is 1.91 bits per heavy atom. The van der Waals surface area contributed by atoms with Gasteiger partial charge in [0.05, 0.1) is 22.3 Å². The lowest BCUT2D eigenvalue weighted by molar-refractivity contribution is 0.881. The first-order valence-electron chi connectivity index (χ1n) is 6.66. The van der Waals surface area contributed by atoms with Gasteiger partial charge in [0.1, 0.15) is 0 Å². The number of anilines is 2. The van der Waals surface area contributed by atoms with Crippen molar-refractivity contribution in [3.63, 3.8) is 0 Å². The van der Waals surface area contributed by atoms with E-state index < -0.39 is 0 Å². The van der Waals surface area contributed by atoms with Crippen molar-refractivity contribution in [2.75, 3.05) is 4.90 Å². The highest BCUT2D eigenvalue weighted by Gasteiger charge is 2.18. The lowest BCUT2D eigenvalue weighted by atomic mass is 10.1. The molecule has 7 heteroatoms. The van der Waals surface area contributed by atoms with Gasteiger partial charge >= 0.3 is 0 Å². The van der Waals surface area contributed by atoms with Gasteiger partial charge in [-0.05, 0) is 40.6 Å². The van der Waals surface area contributed by atoms with Crippen molar-refractivity contribution in [1.29, 1.82) is 0 Å². The number of nitrogens with one attached hydrogen (secondary N) is 1. The third-order valence-corrected chi connectivity index (χ3v) is 4.21. The highest BCUT2D eigenvalue weighted by atomic mass is 35.5. The van der Waals surface area contributed by atoms with Gasteiger partial charge in [-0.15, -0.1) is 0 Å². The van der Waals surface area contributed by atoms with Crippen LogP contribution in [0.2, 0.25) is 10.0 Å². The molecule has 22 heavy (non-hydrogen) atoms. The summed E-state index contributed by atoms with van der Waals surface area (Å²) < 4.78 is 0. The maximum atomic E-state index is 6.35. The Kier molecular flexibility index (Phi) is 4.27. The number of aromatic nitrogens is 4. The second-order valence-corrected chi connectivity index (χ2v) is 5.60. The van der Waals surface area contributed by atoms with E-state index in [-0.39, 0.29) is 0 Å². The summed E-state index contributed by atoms with van der Waals surface area (Å²) in [5.41, 5.74) is 3.07. The fraction of sp³-hybridized carbons (Fsp3) is 0.133. The van der Waals surface area contributed by atoms with Crippen molar-refractivity contribution in [2.24, 2.45) is 0 Å². The lowest BCUT2D eigenvalue weighted by Gasteiger charge is -2.23. The Bertz CT molecular complexity index is 773. The number of tetrazole rings is 1. The summed E-state index contributed by atoms with van der Waals surface area (Å²) in [7, 11) is 0. The highest BCUT2D eigenvalue weighted by molar-refractivity contribution is 6.43. The molecule has 0 aliphatic carbocycles. The summed E-state index contributed by atoms with van der Waals surface area (Å²) in [6, 6.07) is 13.6. The van der Waals surface area contributed by atoms with Gasteiger partial charge in [0.15, 0.2) is 0 Å². The van der Waals surface area contributed by atoms with Crippen molar-refractivity contribution in [3.8, 4) is 0 Å². The minimum absolute atomic E-state index is 0.467. The summed E-state index contributed by atoms with van der Waals surface area (Å²) in [6.07, 6.45) is 0. The average Bonchev–Trinajstić information content (AvgIpc) is 3.04. The Balaban J connectivity index is 2.05. The quantitative estimate of drug-likeness (QED) is 0.779. The Labute approximate surface area is 137 Å². The lowest BCUT2D eigenvalue weighted by Crippen LogP contribution is -2.19. The molecule has 1 heterocycles. The predicted octanol–water partition coefficient (Wildman–Crippen LogP) is 4.15. The molecule has 0 radical (unpaired) electrons. The van der Waals surface area contributed by atoms with Gasteiger partial charge in [-0.3, -0.25) is 0 Å². The monoisotopic (exact) mass is 333 g/mol. The van der Waals surface area contributed by atoms with Gasteiger partial charge in [0.25, 0.3) is 0 Å². The molecule has 3 rings (SSSR count). The van der Waals surface area contributed by atoms with E-state index in [9.17, 15) is 0 Å². The first-order chi connectivity index (χ1) is 10.7. The predicted molar refractivity (Wildman–Crippen MR) is 87.7 cm³/mol. The van der Waals surface area contributed by atoms with Crippen LogP contribution in [0.4, 0.5) is 11.6 Å². The van der Waals surface area contributed by atoms with E-state index in [0.29, 0.717) is 22.5 Å². The van der Waals surface area contributed by atoms with E-state index in [0.717, 1.165) is 11.3 Å². The number of nitrogens with zero attached hydrogens (tertiary/aromatic N) is 4. The van der Waals surface area contributed by atoms with Gasteiger partial charge in [-0.1, -0.05) is 58.6 Å². The van der Waals surface area contributed by atoms with Gasteiger partial charge in [-0.25, -0.2) is 5.10 Å². The molecule has 0 spiro atoms. The normalized spacial score (nSPS) is 10.7. The number of hydrogen-bond acceptors (Lipinski definition) is 4. The third-order valence-electron chi connectivity index (χ3n) is 3.40. The van der Waals surface area contributed by atoms with Crippen molar-refractivity contribution < 1.29 is 0 Å². The topological polar surface area (TPSA) is 57.7 Å². The summed E-state index contributed by atoms with van der Waals surface area (Å²) in [4.78, 5) is 1.90. The largest absolute Gasteiger partial charge is 0.304 e. The number of hydrogen-bond donors (Lipinski definition) is 1. The van der Waals surface area contributed by atoms with Crippen LogP contribution in [-0.2, 0) is 6.54 Å².